The lowest BCUT2D eigenvalue weighted by atomic mass is 10.1. The van der Waals surface area contributed by atoms with Crippen LogP contribution in [0.4, 0.5) is 0 Å². The van der Waals surface area contributed by atoms with Crippen molar-refractivity contribution >= 4 is 34.7 Å². The van der Waals surface area contributed by atoms with E-state index in [9.17, 15) is 14.4 Å². The molecule has 3 rings (SSSR count). The van der Waals surface area contributed by atoms with Crippen molar-refractivity contribution in [1.29, 1.82) is 0 Å². The Morgan fingerprint density at radius 3 is 2.83 bits per heavy atom. The predicted octanol–water partition coefficient (Wildman–Crippen LogP) is 1.15. The van der Waals surface area contributed by atoms with Crippen LogP contribution in [0.15, 0.2) is 23.2 Å². The number of nitrogens with one attached hydrogen (secondary N) is 1. The molecule has 0 aromatic heterocycles. The highest BCUT2D eigenvalue weighted by Gasteiger charge is 2.35. The molecule has 0 aliphatic carbocycles. The first-order valence-corrected chi connectivity index (χ1v) is 8.58. The number of aliphatic imine (C=N–C) groups is 1. The average Bonchev–Trinajstić information content (AvgIpc) is 3.17. The van der Waals surface area contributed by atoms with E-state index < -0.39 is 0 Å². The molecule has 2 aliphatic rings. The van der Waals surface area contributed by atoms with Gasteiger partial charge in [0.15, 0.2) is 5.17 Å². The Kier molecular flexibility index (Phi) is 4.96. The number of hydrogen-bond acceptors (Lipinski definition) is 6. The van der Waals surface area contributed by atoms with Gasteiger partial charge in [-0.3, -0.25) is 24.3 Å². The van der Waals surface area contributed by atoms with E-state index in [2.05, 4.69) is 10.3 Å². The monoisotopic (exact) mass is 347 g/mol. The SMILES string of the molecule is COCCCN1C(=O)c2ccc(C(=O)NC3=NCCS3)cc2C1=O. The summed E-state index contributed by atoms with van der Waals surface area (Å²) in [5.74, 6) is -0.172. The van der Waals surface area contributed by atoms with Crippen molar-refractivity contribution < 1.29 is 19.1 Å². The largest absolute Gasteiger partial charge is 0.385 e. The van der Waals surface area contributed by atoms with E-state index in [1.807, 2.05) is 0 Å². The smallest absolute Gasteiger partial charge is 0.261 e. The number of fused-ring (bicyclic) bond motifs is 1. The fraction of sp³-hybridized carbons (Fsp3) is 0.375. The topological polar surface area (TPSA) is 88.1 Å². The van der Waals surface area contributed by atoms with Crippen molar-refractivity contribution in [2.45, 2.75) is 6.42 Å². The number of rotatable bonds is 5. The van der Waals surface area contributed by atoms with Gasteiger partial charge >= 0.3 is 0 Å². The molecule has 1 N–H and O–H groups in total. The van der Waals surface area contributed by atoms with E-state index in [0.29, 0.717) is 42.4 Å². The Labute approximate surface area is 143 Å². The van der Waals surface area contributed by atoms with Crippen LogP contribution < -0.4 is 5.32 Å². The number of amidine groups is 1. The zero-order valence-electron chi connectivity index (χ0n) is 13.2. The molecular formula is C16H17N3O4S. The van der Waals surface area contributed by atoms with Crippen LogP contribution in [0.2, 0.25) is 0 Å². The summed E-state index contributed by atoms with van der Waals surface area (Å²) in [6.07, 6.45) is 0.576. The third-order valence-electron chi connectivity index (χ3n) is 3.77. The quantitative estimate of drug-likeness (QED) is 0.638. The van der Waals surface area contributed by atoms with Gasteiger partial charge in [0.1, 0.15) is 0 Å². The van der Waals surface area contributed by atoms with Gasteiger partial charge in [-0.2, -0.15) is 0 Å². The van der Waals surface area contributed by atoms with Gasteiger partial charge < -0.3 is 10.1 Å². The number of thioether (sulfide) groups is 1. The first-order chi connectivity index (χ1) is 11.6. The van der Waals surface area contributed by atoms with Crippen LogP contribution in [0.25, 0.3) is 0 Å². The highest BCUT2D eigenvalue weighted by Crippen LogP contribution is 2.24. The fourth-order valence-corrected chi connectivity index (χ4v) is 3.31. The Morgan fingerprint density at radius 1 is 1.33 bits per heavy atom. The average molecular weight is 347 g/mol. The molecular weight excluding hydrogens is 330 g/mol. The molecule has 3 amide bonds. The molecule has 7 nitrogen and oxygen atoms in total. The van der Waals surface area contributed by atoms with Gasteiger partial charge in [-0.1, -0.05) is 11.8 Å². The molecule has 0 unspecified atom stereocenters. The molecule has 8 heteroatoms. The van der Waals surface area contributed by atoms with Gasteiger partial charge in [-0.05, 0) is 24.6 Å². The van der Waals surface area contributed by atoms with Crippen LogP contribution in [-0.2, 0) is 4.74 Å². The van der Waals surface area contributed by atoms with E-state index >= 15 is 0 Å². The van der Waals surface area contributed by atoms with E-state index in [0.717, 1.165) is 5.75 Å². The van der Waals surface area contributed by atoms with Gasteiger partial charge in [0.05, 0.1) is 17.7 Å². The normalized spacial score (nSPS) is 16.4. The molecule has 1 aromatic rings. The molecule has 0 saturated carbocycles. The van der Waals surface area contributed by atoms with E-state index in [-0.39, 0.29) is 23.3 Å². The van der Waals surface area contributed by atoms with Gasteiger partial charge in [0, 0.05) is 31.6 Å². The van der Waals surface area contributed by atoms with Crippen LogP contribution in [0.3, 0.4) is 0 Å². The Balaban J connectivity index is 1.76. The van der Waals surface area contributed by atoms with Crippen molar-refractivity contribution in [3.63, 3.8) is 0 Å². The summed E-state index contributed by atoms with van der Waals surface area (Å²) in [7, 11) is 1.57. The summed E-state index contributed by atoms with van der Waals surface area (Å²) in [6.45, 7) is 1.46. The maximum atomic E-state index is 12.4. The molecule has 2 aliphatic heterocycles. The lowest BCUT2D eigenvalue weighted by molar-refractivity contribution is 0.0638. The van der Waals surface area contributed by atoms with Crippen molar-refractivity contribution in [3.05, 3.63) is 34.9 Å². The number of methoxy groups -OCH3 is 1. The third kappa shape index (κ3) is 3.20. The van der Waals surface area contributed by atoms with Crippen molar-refractivity contribution in [2.24, 2.45) is 4.99 Å². The van der Waals surface area contributed by atoms with Gasteiger partial charge in [0.2, 0.25) is 0 Å². The standard InChI is InChI=1S/C16H17N3O4S/c1-23-7-2-6-19-14(21)11-4-3-10(9-12(11)15(19)22)13(20)18-16-17-5-8-24-16/h3-4,9H,2,5-8H2,1H3,(H,17,18,20). The van der Waals surface area contributed by atoms with Crippen LogP contribution in [0.5, 0.6) is 0 Å². The number of amides is 3. The molecule has 0 radical (unpaired) electrons. The first kappa shape index (κ1) is 16.7. The Hall–Kier alpha value is -2.19. The number of ether oxygens (including phenoxy) is 1. The van der Waals surface area contributed by atoms with E-state index in [4.69, 9.17) is 4.74 Å². The van der Waals surface area contributed by atoms with E-state index in [1.54, 1.807) is 13.2 Å². The van der Waals surface area contributed by atoms with Crippen LogP contribution in [-0.4, -0.2) is 60.3 Å². The number of carbonyl (C=O) groups is 3. The van der Waals surface area contributed by atoms with Crippen LogP contribution in [0.1, 0.15) is 37.5 Å². The fourth-order valence-electron chi connectivity index (χ4n) is 2.58. The highest BCUT2D eigenvalue weighted by atomic mass is 32.2. The lowest BCUT2D eigenvalue weighted by Gasteiger charge is -2.12. The Bertz CT molecular complexity index is 732. The number of benzene rings is 1. The molecule has 0 bridgehead atoms. The molecule has 1 aromatic carbocycles. The number of hydrogen-bond donors (Lipinski definition) is 1. The van der Waals surface area contributed by atoms with Gasteiger partial charge in [0.25, 0.3) is 17.7 Å². The highest BCUT2D eigenvalue weighted by molar-refractivity contribution is 8.14. The number of nitrogens with zero attached hydrogens (tertiary/aromatic N) is 2. The van der Waals surface area contributed by atoms with Crippen molar-refractivity contribution in [1.82, 2.24) is 10.2 Å². The summed E-state index contributed by atoms with van der Waals surface area (Å²) < 4.78 is 4.95. The molecule has 0 atom stereocenters. The first-order valence-electron chi connectivity index (χ1n) is 7.59. The lowest BCUT2D eigenvalue weighted by Crippen LogP contribution is -2.31. The molecule has 0 saturated heterocycles. The molecule has 126 valence electrons. The Morgan fingerprint density at radius 2 is 2.12 bits per heavy atom. The minimum absolute atomic E-state index is 0.270. The number of imide groups is 1. The molecule has 2 heterocycles. The maximum Gasteiger partial charge on any atom is 0.261 e. The van der Waals surface area contributed by atoms with Crippen molar-refractivity contribution in [3.8, 4) is 0 Å². The van der Waals surface area contributed by atoms with Gasteiger partial charge in [-0.25, -0.2) is 0 Å². The molecule has 0 fully saturated rings. The molecule has 24 heavy (non-hydrogen) atoms. The van der Waals surface area contributed by atoms with Crippen LogP contribution in [0, 0.1) is 0 Å². The maximum absolute atomic E-state index is 12.4. The molecule has 0 spiro atoms. The number of carbonyl (C=O) groups excluding carboxylic acids is 3. The van der Waals surface area contributed by atoms with Crippen molar-refractivity contribution in [2.75, 3.05) is 32.6 Å². The zero-order valence-corrected chi connectivity index (χ0v) is 14.0. The third-order valence-corrected chi connectivity index (χ3v) is 4.66. The second-order valence-corrected chi connectivity index (χ2v) is 6.44. The van der Waals surface area contributed by atoms with Gasteiger partial charge in [-0.15, -0.1) is 0 Å². The summed E-state index contributed by atoms with van der Waals surface area (Å²) >= 11 is 1.48. The summed E-state index contributed by atoms with van der Waals surface area (Å²) in [5.41, 5.74) is 0.941. The second-order valence-electron chi connectivity index (χ2n) is 5.36. The predicted molar refractivity (Wildman–Crippen MR) is 90.5 cm³/mol. The summed E-state index contributed by atoms with van der Waals surface area (Å²) in [5, 5.41) is 3.30. The van der Waals surface area contributed by atoms with Crippen LogP contribution >= 0.6 is 11.8 Å². The van der Waals surface area contributed by atoms with E-state index in [1.165, 1.54) is 28.8 Å². The second kappa shape index (κ2) is 7.14. The minimum atomic E-state index is -0.367. The minimum Gasteiger partial charge on any atom is -0.385 e. The zero-order chi connectivity index (χ0) is 17.1. The summed E-state index contributed by atoms with van der Waals surface area (Å²) in [6, 6.07) is 4.56. The summed E-state index contributed by atoms with van der Waals surface area (Å²) in [4.78, 5) is 42.3.